The van der Waals surface area contributed by atoms with Crippen LogP contribution in [-0.4, -0.2) is 11.2 Å². The number of aromatic nitrogens is 1. The van der Waals surface area contributed by atoms with E-state index in [0.29, 0.717) is 6.61 Å². The van der Waals surface area contributed by atoms with Crippen molar-refractivity contribution in [1.82, 2.24) is 4.57 Å². The molecule has 0 saturated carbocycles. The van der Waals surface area contributed by atoms with E-state index in [9.17, 15) is 0 Å². The van der Waals surface area contributed by atoms with Crippen LogP contribution in [0, 0.1) is 6.92 Å². The molecule has 0 aliphatic rings. The Kier molecular flexibility index (Phi) is 6.16. The highest BCUT2D eigenvalue weighted by Crippen LogP contribution is 2.27. The fraction of sp³-hybridized carbons (Fsp3) is 0.231. The van der Waals surface area contributed by atoms with E-state index >= 15 is 0 Å². The molecule has 0 N–H and O–H groups in total. The van der Waals surface area contributed by atoms with Crippen molar-refractivity contribution in [3.63, 3.8) is 0 Å². The Morgan fingerprint density at radius 2 is 1.59 bits per heavy atom. The second-order valence-corrected chi connectivity index (χ2v) is 7.34. The summed E-state index contributed by atoms with van der Waals surface area (Å²) in [6.45, 7) is 4.39. The van der Waals surface area contributed by atoms with Gasteiger partial charge in [-0.3, -0.25) is 0 Å². The van der Waals surface area contributed by atoms with Crippen LogP contribution >= 0.6 is 0 Å². The van der Waals surface area contributed by atoms with Crippen molar-refractivity contribution >= 4 is 10.9 Å². The Labute approximate surface area is 172 Å². The SMILES string of the molecule is Cc1ccc(OCCCCn2ccc3c(OCc4ccccc4)cccc32)cc1. The van der Waals surface area contributed by atoms with Gasteiger partial charge in [0.1, 0.15) is 18.1 Å². The van der Waals surface area contributed by atoms with E-state index in [1.165, 1.54) is 22.0 Å². The minimum absolute atomic E-state index is 0.585. The monoisotopic (exact) mass is 385 g/mol. The Bertz CT molecular complexity index is 1040. The third-order valence-electron chi connectivity index (χ3n) is 5.09. The molecule has 1 heterocycles. The molecule has 0 saturated heterocycles. The van der Waals surface area contributed by atoms with Gasteiger partial charge in [0, 0.05) is 18.1 Å². The number of unbranched alkanes of at least 4 members (excludes halogenated alkanes) is 1. The van der Waals surface area contributed by atoms with Crippen LogP contribution in [0.4, 0.5) is 0 Å². The molecule has 0 radical (unpaired) electrons. The van der Waals surface area contributed by atoms with Gasteiger partial charge in [-0.15, -0.1) is 0 Å². The first-order valence-corrected chi connectivity index (χ1v) is 10.2. The minimum atomic E-state index is 0.585. The third-order valence-corrected chi connectivity index (χ3v) is 5.09. The van der Waals surface area contributed by atoms with Crippen LogP contribution in [0.5, 0.6) is 11.5 Å². The van der Waals surface area contributed by atoms with Crippen LogP contribution in [0.1, 0.15) is 24.0 Å². The normalized spacial score (nSPS) is 10.9. The summed E-state index contributed by atoms with van der Waals surface area (Å²) in [5.74, 6) is 1.88. The van der Waals surface area contributed by atoms with E-state index in [0.717, 1.165) is 37.5 Å². The number of hydrogen-bond donors (Lipinski definition) is 0. The minimum Gasteiger partial charge on any atom is -0.494 e. The van der Waals surface area contributed by atoms with Gasteiger partial charge < -0.3 is 14.0 Å². The Morgan fingerprint density at radius 1 is 0.759 bits per heavy atom. The van der Waals surface area contributed by atoms with Crippen molar-refractivity contribution in [2.75, 3.05) is 6.61 Å². The van der Waals surface area contributed by atoms with Crippen molar-refractivity contribution in [2.24, 2.45) is 0 Å². The smallest absolute Gasteiger partial charge is 0.129 e. The standard InChI is InChI=1S/C26H27NO2/c1-21-12-14-23(15-13-21)28-19-6-5-17-27-18-16-24-25(27)10-7-11-26(24)29-20-22-8-3-2-4-9-22/h2-4,7-16,18H,5-6,17,19-20H2,1H3. The highest BCUT2D eigenvalue weighted by molar-refractivity contribution is 5.86. The molecule has 3 heteroatoms. The van der Waals surface area contributed by atoms with Crippen molar-refractivity contribution in [3.05, 3.63) is 96.2 Å². The van der Waals surface area contributed by atoms with Crippen molar-refractivity contribution in [2.45, 2.75) is 32.9 Å². The fourth-order valence-electron chi connectivity index (χ4n) is 3.46. The van der Waals surface area contributed by atoms with Crippen LogP contribution in [0.3, 0.4) is 0 Å². The van der Waals surface area contributed by atoms with Gasteiger partial charge in [0.05, 0.1) is 12.1 Å². The predicted molar refractivity (Wildman–Crippen MR) is 119 cm³/mol. The molecule has 0 fully saturated rings. The molecule has 0 aliphatic carbocycles. The third kappa shape index (κ3) is 5.00. The van der Waals surface area contributed by atoms with E-state index in [1.807, 2.05) is 36.4 Å². The first kappa shape index (κ1) is 19.1. The predicted octanol–water partition coefficient (Wildman–Crippen LogP) is 6.39. The molecular formula is C26H27NO2. The highest BCUT2D eigenvalue weighted by atomic mass is 16.5. The second-order valence-electron chi connectivity index (χ2n) is 7.34. The Balaban J connectivity index is 1.31. The molecule has 3 nitrogen and oxygen atoms in total. The Morgan fingerprint density at radius 3 is 2.41 bits per heavy atom. The molecule has 29 heavy (non-hydrogen) atoms. The summed E-state index contributed by atoms with van der Waals surface area (Å²) in [4.78, 5) is 0. The largest absolute Gasteiger partial charge is 0.494 e. The molecule has 0 aliphatic heterocycles. The van der Waals surface area contributed by atoms with Crippen LogP contribution < -0.4 is 9.47 Å². The molecule has 1 aromatic heterocycles. The topological polar surface area (TPSA) is 23.4 Å². The molecule has 148 valence electrons. The average molecular weight is 386 g/mol. The molecule has 0 unspecified atom stereocenters. The summed E-state index contributed by atoms with van der Waals surface area (Å²) in [7, 11) is 0. The van der Waals surface area contributed by atoms with Gasteiger partial charge in [0.15, 0.2) is 0 Å². The summed E-state index contributed by atoms with van der Waals surface area (Å²) >= 11 is 0. The molecule has 4 rings (SSSR count). The lowest BCUT2D eigenvalue weighted by molar-refractivity contribution is 0.303. The molecule has 0 amide bonds. The average Bonchev–Trinajstić information content (AvgIpc) is 3.18. The number of ether oxygens (including phenoxy) is 2. The van der Waals surface area contributed by atoms with Crippen molar-refractivity contribution < 1.29 is 9.47 Å². The van der Waals surface area contributed by atoms with E-state index in [-0.39, 0.29) is 0 Å². The van der Waals surface area contributed by atoms with Gasteiger partial charge in [-0.1, -0.05) is 54.1 Å². The maximum atomic E-state index is 6.09. The van der Waals surface area contributed by atoms with Crippen molar-refractivity contribution in [1.29, 1.82) is 0 Å². The van der Waals surface area contributed by atoms with Crippen LogP contribution in [0.25, 0.3) is 10.9 Å². The number of nitrogens with zero attached hydrogens (tertiary/aromatic N) is 1. The second kappa shape index (κ2) is 9.33. The van der Waals surface area contributed by atoms with Crippen LogP contribution in [-0.2, 0) is 13.2 Å². The Hall–Kier alpha value is -3.20. The number of rotatable bonds is 9. The number of fused-ring (bicyclic) bond motifs is 1. The van der Waals surface area contributed by atoms with Gasteiger partial charge in [-0.2, -0.15) is 0 Å². The van der Waals surface area contributed by atoms with Crippen LogP contribution in [0.2, 0.25) is 0 Å². The zero-order valence-corrected chi connectivity index (χ0v) is 16.9. The number of aryl methyl sites for hydroxylation is 2. The van der Waals surface area contributed by atoms with E-state index in [1.54, 1.807) is 0 Å². The summed E-state index contributed by atoms with van der Waals surface area (Å²) in [5.41, 5.74) is 3.65. The summed E-state index contributed by atoms with van der Waals surface area (Å²) < 4.78 is 14.2. The zero-order valence-electron chi connectivity index (χ0n) is 16.9. The fourth-order valence-corrected chi connectivity index (χ4v) is 3.46. The summed E-state index contributed by atoms with van der Waals surface area (Å²) in [6, 6.07) is 26.9. The highest BCUT2D eigenvalue weighted by Gasteiger charge is 2.07. The zero-order chi connectivity index (χ0) is 19.9. The lowest BCUT2D eigenvalue weighted by Crippen LogP contribution is -2.01. The van der Waals surface area contributed by atoms with Crippen LogP contribution in [0.15, 0.2) is 85.1 Å². The van der Waals surface area contributed by atoms with Gasteiger partial charge in [-0.05, 0) is 55.7 Å². The van der Waals surface area contributed by atoms with Crippen molar-refractivity contribution in [3.8, 4) is 11.5 Å². The quantitative estimate of drug-likeness (QED) is 0.312. The first-order chi connectivity index (χ1) is 14.3. The number of benzene rings is 3. The summed E-state index contributed by atoms with van der Waals surface area (Å²) in [6.07, 6.45) is 4.25. The molecule has 3 aromatic carbocycles. The first-order valence-electron chi connectivity index (χ1n) is 10.2. The summed E-state index contributed by atoms with van der Waals surface area (Å²) in [5, 5.41) is 1.17. The van der Waals surface area contributed by atoms with Gasteiger partial charge in [0.25, 0.3) is 0 Å². The molecule has 0 atom stereocenters. The molecule has 4 aromatic rings. The maximum absolute atomic E-state index is 6.09. The molecular weight excluding hydrogens is 358 g/mol. The van der Waals surface area contributed by atoms with E-state index < -0.39 is 0 Å². The van der Waals surface area contributed by atoms with Gasteiger partial charge in [0.2, 0.25) is 0 Å². The number of hydrogen-bond acceptors (Lipinski definition) is 2. The molecule has 0 spiro atoms. The maximum Gasteiger partial charge on any atom is 0.129 e. The van der Waals surface area contributed by atoms with Gasteiger partial charge in [-0.25, -0.2) is 0 Å². The van der Waals surface area contributed by atoms with Gasteiger partial charge >= 0.3 is 0 Å². The molecule has 0 bridgehead atoms. The van der Waals surface area contributed by atoms with E-state index in [4.69, 9.17) is 9.47 Å². The van der Waals surface area contributed by atoms with E-state index in [2.05, 4.69) is 60.2 Å². The lowest BCUT2D eigenvalue weighted by atomic mass is 10.2. The lowest BCUT2D eigenvalue weighted by Gasteiger charge is -2.10.